The summed E-state index contributed by atoms with van der Waals surface area (Å²) in [6.07, 6.45) is 0. The van der Waals surface area contributed by atoms with E-state index in [2.05, 4.69) is 5.32 Å². The van der Waals surface area contributed by atoms with Crippen molar-refractivity contribution in [2.24, 2.45) is 0 Å². The van der Waals surface area contributed by atoms with Gasteiger partial charge < -0.3 is 14.8 Å². The average Bonchev–Trinajstić information content (AvgIpc) is 2.55. The number of hydrogen-bond donors (Lipinski definition) is 1. The molecular formula is C18H19NO4. The summed E-state index contributed by atoms with van der Waals surface area (Å²) in [4.78, 5) is 23.8. The van der Waals surface area contributed by atoms with Gasteiger partial charge in [0, 0.05) is 16.8 Å². The number of nitrogens with one attached hydrogen (secondary N) is 1. The lowest BCUT2D eigenvalue weighted by Gasteiger charge is -2.11. The van der Waals surface area contributed by atoms with Crippen LogP contribution >= 0.6 is 0 Å². The minimum Gasteiger partial charge on any atom is -0.493 e. The van der Waals surface area contributed by atoms with Crippen molar-refractivity contribution in [3.05, 3.63) is 53.6 Å². The van der Waals surface area contributed by atoms with Crippen molar-refractivity contribution in [2.75, 3.05) is 19.0 Å². The second-order valence-electron chi connectivity index (χ2n) is 4.89. The first-order valence-corrected chi connectivity index (χ1v) is 7.28. The Morgan fingerprint density at radius 1 is 1.04 bits per heavy atom. The molecule has 0 aliphatic rings. The van der Waals surface area contributed by atoms with E-state index < -0.39 is 0 Å². The quantitative estimate of drug-likeness (QED) is 0.828. The molecule has 2 rings (SSSR count). The first-order valence-electron chi connectivity index (χ1n) is 7.28. The number of hydrogen-bond acceptors (Lipinski definition) is 4. The van der Waals surface area contributed by atoms with Gasteiger partial charge in [-0.2, -0.15) is 0 Å². The van der Waals surface area contributed by atoms with Gasteiger partial charge in [-0.25, -0.2) is 0 Å². The molecule has 23 heavy (non-hydrogen) atoms. The summed E-state index contributed by atoms with van der Waals surface area (Å²) < 4.78 is 10.7. The highest BCUT2D eigenvalue weighted by Gasteiger charge is 2.12. The van der Waals surface area contributed by atoms with Crippen molar-refractivity contribution in [3.63, 3.8) is 0 Å². The molecule has 0 heterocycles. The predicted octanol–water partition coefficient (Wildman–Crippen LogP) is 3.55. The zero-order valence-electron chi connectivity index (χ0n) is 13.4. The number of rotatable bonds is 6. The minimum absolute atomic E-state index is 0.0517. The van der Waals surface area contributed by atoms with E-state index in [0.29, 0.717) is 34.9 Å². The van der Waals surface area contributed by atoms with Gasteiger partial charge >= 0.3 is 0 Å². The molecule has 120 valence electrons. The Morgan fingerprint density at radius 2 is 1.83 bits per heavy atom. The Balaban J connectivity index is 2.22. The molecule has 1 N–H and O–H groups in total. The van der Waals surface area contributed by atoms with Crippen LogP contribution in [-0.2, 0) is 0 Å². The first-order chi connectivity index (χ1) is 11.0. The number of carbonyl (C=O) groups is 2. The average molecular weight is 313 g/mol. The van der Waals surface area contributed by atoms with Crippen LogP contribution in [-0.4, -0.2) is 25.4 Å². The monoisotopic (exact) mass is 313 g/mol. The zero-order valence-corrected chi connectivity index (χ0v) is 13.4. The standard InChI is InChI=1S/C18H19NO4/c1-4-23-17-11-14(8-9-16(17)22-3)18(21)19-15-7-5-6-13(10-15)12(2)20/h5-11H,4H2,1-3H3,(H,19,21). The summed E-state index contributed by atoms with van der Waals surface area (Å²) in [5, 5.41) is 2.77. The topological polar surface area (TPSA) is 64.6 Å². The third kappa shape index (κ3) is 4.10. The molecule has 0 spiro atoms. The summed E-state index contributed by atoms with van der Waals surface area (Å²) in [5.41, 5.74) is 1.56. The SMILES string of the molecule is CCOc1cc(C(=O)Nc2cccc(C(C)=O)c2)ccc1OC. The van der Waals surface area contributed by atoms with Gasteiger partial charge in [0.25, 0.3) is 5.91 Å². The van der Waals surface area contributed by atoms with Crippen LogP contribution in [0.3, 0.4) is 0 Å². The van der Waals surface area contributed by atoms with Gasteiger partial charge in [-0.05, 0) is 44.2 Å². The van der Waals surface area contributed by atoms with Crippen molar-refractivity contribution in [3.8, 4) is 11.5 Å². The molecule has 0 aliphatic heterocycles. The van der Waals surface area contributed by atoms with Crippen molar-refractivity contribution < 1.29 is 19.1 Å². The van der Waals surface area contributed by atoms with Gasteiger partial charge in [0.2, 0.25) is 0 Å². The van der Waals surface area contributed by atoms with Gasteiger partial charge in [-0.3, -0.25) is 9.59 Å². The number of methoxy groups -OCH3 is 1. The number of ether oxygens (including phenoxy) is 2. The van der Waals surface area contributed by atoms with Crippen molar-refractivity contribution in [1.82, 2.24) is 0 Å². The Labute approximate surface area is 135 Å². The Morgan fingerprint density at radius 3 is 2.48 bits per heavy atom. The normalized spacial score (nSPS) is 10.0. The second-order valence-corrected chi connectivity index (χ2v) is 4.89. The highest BCUT2D eigenvalue weighted by molar-refractivity contribution is 6.05. The smallest absolute Gasteiger partial charge is 0.255 e. The number of carbonyl (C=O) groups excluding carboxylic acids is 2. The molecule has 1 amide bonds. The highest BCUT2D eigenvalue weighted by Crippen LogP contribution is 2.28. The zero-order chi connectivity index (χ0) is 16.8. The Bertz CT molecular complexity index is 725. The summed E-state index contributed by atoms with van der Waals surface area (Å²) in [6.45, 7) is 3.82. The maximum absolute atomic E-state index is 12.4. The van der Waals surface area contributed by atoms with E-state index >= 15 is 0 Å². The van der Waals surface area contributed by atoms with Crippen LogP contribution in [0, 0.1) is 0 Å². The molecule has 0 fully saturated rings. The molecule has 2 aromatic rings. The molecule has 2 aromatic carbocycles. The van der Waals surface area contributed by atoms with Crippen LogP contribution in [0.4, 0.5) is 5.69 Å². The summed E-state index contributed by atoms with van der Waals surface area (Å²) in [5.74, 6) is 0.751. The van der Waals surface area contributed by atoms with Crippen LogP contribution in [0.2, 0.25) is 0 Å². The maximum Gasteiger partial charge on any atom is 0.255 e. The highest BCUT2D eigenvalue weighted by atomic mass is 16.5. The molecule has 0 unspecified atom stereocenters. The van der Waals surface area contributed by atoms with Gasteiger partial charge in [0.15, 0.2) is 17.3 Å². The summed E-state index contributed by atoms with van der Waals surface area (Å²) in [6, 6.07) is 11.8. The molecule has 0 bridgehead atoms. The summed E-state index contributed by atoms with van der Waals surface area (Å²) >= 11 is 0. The Kier molecular flexibility index (Phi) is 5.36. The number of amides is 1. The molecule has 5 heteroatoms. The van der Waals surface area contributed by atoms with Gasteiger partial charge in [-0.1, -0.05) is 12.1 Å². The third-order valence-electron chi connectivity index (χ3n) is 3.25. The van der Waals surface area contributed by atoms with E-state index in [4.69, 9.17) is 9.47 Å². The van der Waals surface area contributed by atoms with Crippen molar-refractivity contribution in [1.29, 1.82) is 0 Å². The number of benzene rings is 2. The minimum atomic E-state index is -0.283. The predicted molar refractivity (Wildman–Crippen MR) is 88.6 cm³/mol. The van der Waals surface area contributed by atoms with Crippen LogP contribution in [0.25, 0.3) is 0 Å². The van der Waals surface area contributed by atoms with E-state index in [1.54, 1.807) is 49.6 Å². The molecule has 0 aliphatic carbocycles. The van der Waals surface area contributed by atoms with Crippen LogP contribution < -0.4 is 14.8 Å². The van der Waals surface area contributed by atoms with Crippen LogP contribution in [0.15, 0.2) is 42.5 Å². The lowest BCUT2D eigenvalue weighted by atomic mass is 10.1. The fourth-order valence-electron chi connectivity index (χ4n) is 2.11. The molecular weight excluding hydrogens is 294 g/mol. The molecule has 0 radical (unpaired) electrons. The number of anilines is 1. The van der Waals surface area contributed by atoms with E-state index in [1.165, 1.54) is 6.92 Å². The van der Waals surface area contributed by atoms with E-state index in [-0.39, 0.29) is 11.7 Å². The molecule has 0 saturated carbocycles. The lowest BCUT2D eigenvalue weighted by molar-refractivity contribution is 0.101. The number of ketones is 1. The summed E-state index contributed by atoms with van der Waals surface area (Å²) in [7, 11) is 1.55. The third-order valence-corrected chi connectivity index (χ3v) is 3.25. The molecule has 0 aromatic heterocycles. The van der Waals surface area contributed by atoms with E-state index in [1.807, 2.05) is 6.92 Å². The lowest BCUT2D eigenvalue weighted by Crippen LogP contribution is -2.12. The molecule has 5 nitrogen and oxygen atoms in total. The largest absolute Gasteiger partial charge is 0.493 e. The first kappa shape index (κ1) is 16.5. The number of Topliss-reactive ketones (excluding diaryl/α,β-unsaturated/α-hetero) is 1. The van der Waals surface area contributed by atoms with Crippen molar-refractivity contribution >= 4 is 17.4 Å². The van der Waals surface area contributed by atoms with Gasteiger partial charge in [-0.15, -0.1) is 0 Å². The van der Waals surface area contributed by atoms with Crippen LogP contribution in [0.5, 0.6) is 11.5 Å². The maximum atomic E-state index is 12.4. The fraction of sp³-hybridized carbons (Fsp3) is 0.222. The van der Waals surface area contributed by atoms with Crippen LogP contribution in [0.1, 0.15) is 34.6 Å². The second kappa shape index (κ2) is 7.45. The van der Waals surface area contributed by atoms with E-state index in [9.17, 15) is 9.59 Å². The fourth-order valence-corrected chi connectivity index (χ4v) is 2.11. The van der Waals surface area contributed by atoms with Gasteiger partial charge in [0.05, 0.1) is 13.7 Å². The van der Waals surface area contributed by atoms with Gasteiger partial charge in [0.1, 0.15) is 0 Å². The Hall–Kier alpha value is -2.82. The molecule has 0 saturated heterocycles. The molecule has 0 atom stereocenters. The van der Waals surface area contributed by atoms with Crippen molar-refractivity contribution in [2.45, 2.75) is 13.8 Å². The van der Waals surface area contributed by atoms with E-state index in [0.717, 1.165) is 0 Å².